The van der Waals surface area contributed by atoms with Gasteiger partial charge in [0.15, 0.2) is 0 Å². The van der Waals surface area contributed by atoms with E-state index in [-0.39, 0.29) is 5.92 Å². The molecule has 0 fully saturated rings. The van der Waals surface area contributed by atoms with Gasteiger partial charge in [0.1, 0.15) is 0 Å². The maximum absolute atomic E-state index is 10.5. The zero-order valence-electron chi connectivity index (χ0n) is 14.6. The smallest absolute Gasteiger partial charge is 0.0793 e. The molecule has 22 heavy (non-hydrogen) atoms. The van der Waals surface area contributed by atoms with Gasteiger partial charge < -0.3 is 10.2 Å². The summed E-state index contributed by atoms with van der Waals surface area (Å²) in [6.07, 6.45) is 9.39. The topological polar surface area (TPSA) is 40.5 Å². The van der Waals surface area contributed by atoms with Gasteiger partial charge in [0.05, 0.1) is 12.2 Å². The van der Waals surface area contributed by atoms with Gasteiger partial charge in [0.2, 0.25) is 0 Å². The molecule has 1 rings (SSSR count). The van der Waals surface area contributed by atoms with Crippen LogP contribution in [0.4, 0.5) is 0 Å². The van der Waals surface area contributed by atoms with Gasteiger partial charge in [-0.2, -0.15) is 0 Å². The molecule has 0 bridgehead atoms. The third-order valence-corrected chi connectivity index (χ3v) is 4.38. The number of hydrogen-bond donors (Lipinski definition) is 2. The Morgan fingerprint density at radius 1 is 1.05 bits per heavy atom. The van der Waals surface area contributed by atoms with Gasteiger partial charge >= 0.3 is 0 Å². The lowest BCUT2D eigenvalue weighted by Crippen LogP contribution is -2.20. The number of rotatable bonds is 1. The fourth-order valence-corrected chi connectivity index (χ4v) is 2.73. The maximum Gasteiger partial charge on any atom is 0.0793 e. The fourth-order valence-electron chi connectivity index (χ4n) is 2.73. The van der Waals surface area contributed by atoms with Crippen molar-refractivity contribution in [1.82, 2.24) is 0 Å². The van der Waals surface area contributed by atoms with E-state index in [2.05, 4.69) is 46.4 Å². The highest BCUT2D eigenvalue weighted by atomic mass is 16.3. The van der Waals surface area contributed by atoms with Crippen LogP contribution in [-0.2, 0) is 0 Å². The van der Waals surface area contributed by atoms with E-state index in [0.29, 0.717) is 12.8 Å². The van der Waals surface area contributed by atoms with Crippen molar-refractivity contribution < 1.29 is 10.2 Å². The predicted octanol–water partition coefficient (Wildman–Crippen LogP) is 4.70. The Morgan fingerprint density at radius 3 is 2.36 bits per heavy atom. The highest BCUT2D eigenvalue weighted by Gasteiger charge is 2.18. The molecule has 0 aromatic carbocycles. The molecule has 1 aliphatic rings. The third-order valence-electron chi connectivity index (χ3n) is 4.38. The van der Waals surface area contributed by atoms with Crippen LogP contribution < -0.4 is 0 Å². The minimum atomic E-state index is -0.564. The zero-order valence-corrected chi connectivity index (χ0v) is 14.6. The van der Waals surface area contributed by atoms with E-state index in [9.17, 15) is 10.2 Å². The first-order valence-corrected chi connectivity index (χ1v) is 8.38. The summed E-state index contributed by atoms with van der Waals surface area (Å²) in [6, 6.07) is 0. The summed E-state index contributed by atoms with van der Waals surface area (Å²) < 4.78 is 0. The van der Waals surface area contributed by atoms with Crippen LogP contribution >= 0.6 is 0 Å². The molecule has 2 atom stereocenters. The normalized spacial score (nSPS) is 33.2. The second-order valence-electron chi connectivity index (χ2n) is 6.86. The average Bonchev–Trinajstić information content (AvgIpc) is 2.43. The van der Waals surface area contributed by atoms with Crippen molar-refractivity contribution in [3.63, 3.8) is 0 Å². The molecular weight excluding hydrogens is 272 g/mol. The number of aliphatic hydroxyl groups is 2. The Morgan fingerprint density at radius 2 is 1.73 bits per heavy atom. The summed E-state index contributed by atoms with van der Waals surface area (Å²) in [7, 11) is 0. The van der Waals surface area contributed by atoms with Gasteiger partial charge in [-0.05, 0) is 56.6 Å². The molecule has 2 nitrogen and oxygen atoms in total. The van der Waals surface area contributed by atoms with Crippen molar-refractivity contribution in [3.05, 3.63) is 47.1 Å². The summed E-state index contributed by atoms with van der Waals surface area (Å²) in [6.45, 7) is 12.4. The number of aliphatic hydroxyl groups excluding tert-OH is 2. The lowest BCUT2D eigenvalue weighted by Gasteiger charge is -2.22. The first kappa shape index (κ1) is 18.9. The van der Waals surface area contributed by atoms with Crippen LogP contribution in [0, 0.1) is 5.92 Å². The Bertz CT molecular complexity index is 466. The molecule has 0 aromatic rings. The van der Waals surface area contributed by atoms with Gasteiger partial charge in [-0.1, -0.05) is 49.8 Å². The largest absolute Gasteiger partial charge is 0.389 e. The molecule has 0 amide bonds. The van der Waals surface area contributed by atoms with E-state index < -0.39 is 12.2 Å². The highest BCUT2D eigenvalue weighted by molar-refractivity contribution is 5.23. The van der Waals surface area contributed by atoms with Crippen molar-refractivity contribution in [3.8, 4) is 0 Å². The molecule has 0 aliphatic heterocycles. The van der Waals surface area contributed by atoms with E-state index >= 15 is 0 Å². The van der Waals surface area contributed by atoms with Gasteiger partial charge in [0.25, 0.3) is 0 Å². The molecule has 2 N–H and O–H groups in total. The quantitative estimate of drug-likeness (QED) is 0.689. The van der Waals surface area contributed by atoms with Gasteiger partial charge in [0, 0.05) is 6.42 Å². The maximum atomic E-state index is 10.5. The number of hydrogen-bond acceptors (Lipinski definition) is 2. The lowest BCUT2D eigenvalue weighted by atomic mass is 9.90. The van der Waals surface area contributed by atoms with Crippen molar-refractivity contribution >= 4 is 0 Å². The van der Waals surface area contributed by atoms with E-state index in [0.717, 1.165) is 30.4 Å². The Balaban J connectivity index is 3.02. The molecule has 0 saturated heterocycles. The summed E-state index contributed by atoms with van der Waals surface area (Å²) >= 11 is 0. The van der Waals surface area contributed by atoms with Crippen molar-refractivity contribution in [1.29, 1.82) is 0 Å². The van der Waals surface area contributed by atoms with E-state index in [1.54, 1.807) is 0 Å². The first-order valence-electron chi connectivity index (χ1n) is 8.38. The monoisotopic (exact) mass is 304 g/mol. The fraction of sp³-hybridized carbons (Fsp3) is 0.600. The van der Waals surface area contributed by atoms with Crippen molar-refractivity contribution in [2.75, 3.05) is 0 Å². The average molecular weight is 304 g/mol. The van der Waals surface area contributed by atoms with Crippen LogP contribution in [0.25, 0.3) is 0 Å². The summed E-state index contributed by atoms with van der Waals surface area (Å²) in [5.41, 5.74) is 4.38. The SMILES string of the molecule is C=C1CC(O)/C(C(C)C)=C\C=C(/C)CC/C=C(\C)CCC1O. The van der Waals surface area contributed by atoms with Crippen LogP contribution in [-0.4, -0.2) is 22.4 Å². The second-order valence-corrected chi connectivity index (χ2v) is 6.86. The predicted molar refractivity (Wildman–Crippen MR) is 94.7 cm³/mol. The van der Waals surface area contributed by atoms with Crippen LogP contribution in [0.5, 0.6) is 0 Å². The van der Waals surface area contributed by atoms with E-state index in [1.807, 2.05) is 6.08 Å². The zero-order chi connectivity index (χ0) is 16.7. The molecule has 0 radical (unpaired) electrons. The van der Waals surface area contributed by atoms with Crippen LogP contribution in [0.3, 0.4) is 0 Å². The molecule has 0 saturated carbocycles. The minimum absolute atomic E-state index is 0.277. The Kier molecular flexibility index (Phi) is 7.84. The van der Waals surface area contributed by atoms with Crippen LogP contribution in [0.1, 0.15) is 59.8 Å². The molecule has 124 valence electrons. The van der Waals surface area contributed by atoms with Gasteiger partial charge in [-0.25, -0.2) is 0 Å². The second kappa shape index (κ2) is 9.12. The van der Waals surface area contributed by atoms with Crippen molar-refractivity contribution in [2.45, 2.75) is 72.0 Å². The standard InChI is InChI=1S/C20H32O2/c1-14(2)18-11-9-15(3)7-6-8-16(4)10-12-19(21)17(5)13-20(18)22/h8-9,11,14,19-22H,5-7,10,12-13H2,1-4H3/b15-9+,16-8+,18-11-. The summed E-state index contributed by atoms with van der Waals surface area (Å²) in [5.74, 6) is 0.277. The molecule has 0 heterocycles. The molecule has 2 unspecified atom stereocenters. The lowest BCUT2D eigenvalue weighted by molar-refractivity contribution is 0.163. The van der Waals surface area contributed by atoms with Gasteiger partial charge in [-0.15, -0.1) is 0 Å². The summed E-state index contributed by atoms with van der Waals surface area (Å²) in [5, 5.41) is 20.7. The Labute approximate surface area is 135 Å². The molecule has 0 spiro atoms. The van der Waals surface area contributed by atoms with Gasteiger partial charge in [-0.3, -0.25) is 0 Å². The molecular formula is C20H32O2. The first-order chi connectivity index (χ1) is 10.3. The third kappa shape index (κ3) is 6.33. The number of allylic oxidation sites excluding steroid dienone is 5. The van der Waals surface area contributed by atoms with Crippen molar-refractivity contribution in [2.24, 2.45) is 5.92 Å². The van der Waals surface area contributed by atoms with Crippen LogP contribution in [0.2, 0.25) is 0 Å². The highest BCUT2D eigenvalue weighted by Crippen LogP contribution is 2.24. The molecule has 1 aliphatic carbocycles. The van der Waals surface area contributed by atoms with E-state index in [1.165, 1.54) is 11.1 Å². The van der Waals surface area contributed by atoms with E-state index in [4.69, 9.17) is 0 Å². The minimum Gasteiger partial charge on any atom is -0.389 e. The Hall–Kier alpha value is -1.12. The molecule has 2 heteroatoms. The molecule has 0 aromatic heterocycles. The van der Waals surface area contributed by atoms with Crippen LogP contribution in [0.15, 0.2) is 47.1 Å². The summed E-state index contributed by atoms with van der Waals surface area (Å²) in [4.78, 5) is 0.